The topological polar surface area (TPSA) is 15.6 Å². The van der Waals surface area contributed by atoms with Gasteiger partial charge in [0, 0.05) is 22.4 Å². The van der Waals surface area contributed by atoms with Crippen LogP contribution in [0.25, 0.3) is 0 Å². The summed E-state index contributed by atoms with van der Waals surface area (Å²) in [4.78, 5) is 10.1. The Labute approximate surface area is 142 Å². The van der Waals surface area contributed by atoms with Crippen LogP contribution in [0.5, 0.6) is 0 Å². The van der Waals surface area contributed by atoms with Crippen molar-refractivity contribution in [3.8, 4) is 0 Å². The minimum absolute atomic E-state index is 0.499. The first kappa shape index (κ1) is 14.8. The van der Waals surface area contributed by atoms with Crippen LogP contribution in [0, 0.1) is 0 Å². The molecule has 1 heterocycles. The van der Waals surface area contributed by atoms with E-state index in [1.54, 1.807) is 0 Å². The summed E-state index contributed by atoms with van der Waals surface area (Å²) in [7, 11) is 2.22. The molecule has 0 spiro atoms. The van der Waals surface area contributed by atoms with Gasteiger partial charge in [-0.05, 0) is 31.0 Å². The SMILES string of the molecule is CN1C(c2ccccc2Sc2ccccc2)=N[C@@H]2CCCC[C@H]21. The number of fused-ring (bicyclic) bond motifs is 1. The summed E-state index contributed by atoms with van der Waals surface area (Å²) in [5, 5.41) is 0. The van der Waals surface area contributed by atoms with Gasteiger partial charge < -0.3 is 4.90 Å². The first-order valence-corrected chi connectivity index (χ1v) is 9.27. The van der Waals surface area contributed by atoms with E-state index in [1.807, 2.05) is 11.8 Å². The van der Waals surface area contributed by atoms with E-state index < -0.39 is 0 Å². The molecule has 0 saturated heterocycles. The molecule has 0 unspecified atom stereocenters. The van der Waals surface area contributed by atoms with E-state index >= 15 is 0 Å². The Morgan fingerprint density at radius 3 is 2.52 bits per heavy atom. The van der Waals surface area contributed by atoms with Crippen molar-refractivity contribution in [2.24, 2.45) is 4.99 Å². The zero-order chi connectivity index (χ0) is 15.6. The molecule has 0 bridgehead atoms. The number of hydrogen-bond acceptors (Lipinski definition) is 3. The molecule has 2 aromatic rings. The fraction of sp³-hybridized carbons (Fsp3) is 0.350. The van der Waals surface area contributed by atoms with Gasteiger partial charge in [0.05, 0.1) is 12.1 Å². The van der Waals surface area contributed by atoms with Crippen LogP contribution in [-0.2, 0) is 0 Å². The van der Waals surface area contributed by atoms with Crippen LogP contribution in [-0.4, -0.2) is 29.9 Å². The van der Waals surface area contributed by atoms with E-state index in [1.165, 1.54) is 46.9 Å². The molecule has 2 atom stereocenters. The number of aliphatic imine (C=N–C) groups is 1. The maximum atomic E-state index is 5.09. The Hall–Kier alpha value is -1.74. The van der Waals surface area contributed by atoms with E-state index in [2.05, 4.69) is 66.5 Å². The number of amidine groups is 1. The van der Waals surface area contributed by atoms with Crippen LogP contribution in [0.2, 0.25) is 0 Å². The highest BCUT2D eigenvalue weighted by Gasteiger charge is 2.36. The van der Waals surface area contributed by atoms with Gasteiger partial charge in [-0.25, -0.2) is 0 Å². The Morgan fingerprint density at radius 2 is 1.70 bits per heavy atom. The van der Waals surface area contributed by atoms with E-state index in [9.17, 15) is 0 Å². The molecular formula is C20H22N2S. The summed E-state index contributed by atoms with van der Waals surface area (Å²) < 4.78 is 0. The van der Waals surface area contributed by atoms with Crippen molar-refractivity contribution in [1.82, 2.24) is 4.90 Å². The van der Waals surface area contributed by atoms with Gasteiger partial charge in [-0.15, -0.1) is 0 Å². The zero-order valence-electron chi connectivity index (χ0n) is 13.5. The van der Waals surface area contributed by atoms with Gasteiger partial charge in [-0.3, -0.25) is 4.99 Å². The summed E-state index contributed by atoms with van der Waals surface area (Å²) in [5.74, 6) is 1.18. The maximum Gasteiger partial charge on any atom is 0.132 e. The molecule has 2 aliphatic rings. The Balaban J connectivity index is 1.67. The molecule has 2 aromatic carbocycles. The third-order valence-electron chi connectivity index (χ3n) is 4.91. The Kier molecular flexibility index (Phi) is 4.13. The lowest BCUT2D eigenvalue weighted by atomic mass is 9.91. The van der Waals surface area contributed by atoms with Crippen LogP contribution >= 0.6 is 11.8 Å². The smallest absolute Gasteiger partial charge is 0.132 e. The third-order valence-corrected chi connectivity index (χ3v) is 6.00. The lowest BCUT2D eigenvalue weighted by Gasteiger charge is -2.30. The molecule has 0 radical (unpaired) electrons. The second kappa shape index (κ2) is 6.40. The van der Waals surface area contributed by atoms with Gasteiger partial charge in [0.2, 0.25) is 0 Å². The molecule has 1 saturated carbocycles. The predicted octanol–water partition coefficient (Wildman–Crippen LogP) is 4.84. The highest BCUT2D eigenvalue weighted by molar-refractivity contribution is 7.99. The third kappa shape index (κ3) is 2.90. The van der Waals surface area contributed by atoms with Crippen LogP contribution in [0.3, 0.4) is 0 Å². The average Bonchev–Trinajstić information content (AvgIpc) is 2.94. The first-order valence-electron chi connectivity index (χ1n) is 8.46. The van der Waals surface area contributed by atoms with Crippen molar-refractivity contribution in [3.05, 3.63) is 60.2 Å². The first-order chi connectivity index (χ1) is 11.3. The monoisotopic (exact) mass is 322 g/mol. The zero-order valence-corrected chi connectivity index (χ0v) is 14.3. The van der Waals surface area contributed by atoms with E-state index in [-0.39, 0.29) is 0 Å². The second-order valence-electron chi connectivity index (χ2n) is 6.39. The van der Waals surface area contributed by atoms with Gasteiger partial charge >= 0.3 is 0 Å². The number of nitrogens with zero attached hydrogens (tertiary/aromatic N) is 2. The number of hydrogen-bond donors (Lipinski definition) is 0. The fourth-order valence-electron chi connectivity index (χ4n) is 3.71. The molecule has 0 N–H and O–H groups in total. The average molecular weight is 322 g/mol. The highest BCUT2D eigenvalue weighted by atomic mass is 32.2. The summed E-state index contributed by atoms with van der Waals surface area (Å²) in [5.41, 5.74) is 1.28. The molecule has 1 fully saturated rings. The van der Waals surface area contributed by atoms with Crippen molar-refractivity contribution in [2.45, 2.75) is 47.6 Å². The molecule has 1 aliphatic carbocycles. The quantitative estimate of drug-likeness (QED) is 0.803. The van der Waals surface area contributed by atoms with Crippen molar-refractivity contribution in [1.29, 1.82) is 0 Å². The molecule has 0 aromatic heterocycles. The molecular weight excluding hydrogens is 300 g/mol. The highest BCUT2D eigenvalue weighted by Crippen LogP contribution is 2.36. The predicted molar refractivity (Wildman–Crippen MR) is 97.4 cm³/mol. The maximum absolute atomic E-state index is 5.09. The van der Waals surface area contributed by atoms with Crippen LogP contribution in [0.1, 0.15) is 31.2 Å². The molecule has 1 aliphatic heterocycles. The minimum Gasteiger partial charge on any atom is -0.354 e. The summed E-state index contributed by atoms with van der Waals surface area (Å²) in [6.45, 7) is 0. The van der Waals surface area contributed by atoms with Gasteiger partial charge in [0.1, 0.15) is 5.84 Å². The van der Waals surface area contributed by atoms with Crippen molar-refractivity contribution >= 4 is 17.6 Å². The lowest BCUT2D eigenvalue weighted by Crippen LogP contribution is -2.38. The number of likely N-dealkylation sites (N-methyl/N-ethyl adjacent to an activating group) is 1. The second-order valence-corrected chi connectivity index (χ2v) is 7.51. The van der Waals surface area contributed by atoms with Crippen molar-refractivity contribution in [2.75, 3.05) is 7.05 Å². The lowest BCUT2D eigenvalue weighted by molar-refractivity contribution is 0.276. The van der Waals surface area contributed by atoms with Crippen molar-refractivity contribution in [3.63, 3.8) is 0 Å². The van der Waals surface area contributed by atoms with Crippen molar-refractivity contribution < 1.29 is 0 Å². The van der Waals surface area contributed by atoms with E-state index in [0.29, 0.717) is 12.1 Å². The summed E-state index contributed by atoms with van der Waals surface area (Å²) >= 11 is 1.83. The van der Waals surface area contributed by atoms with Crippen LogP contribution < -0.4 is 0 Å². The number of rotatable bonds is 3. The fourth-order valence-corrected chi connectivity index (χ4v) is 4.68. The molecule has 118 valence electrons. The molecule has 2 nitrogen and oxygen atoms in total. The molecule has 4 rings (SSSR count). The standard InChI is InChI=1S/C20H22N2S/c1-22-18-13-7-6-12-17(18)21-20(22)16-11-5-8-14-19(16)23-15-9-3-2-4-10-15/h2-5,8-11,14,17-18H,6-7,12-13H2,1H3/t17-,18-/m1/s1. The molecule has 3 heteroatoms. The molecule has 0 amide bonds. The van der Waals surface area contributed by atoms with E-state index in [0.717, 1.165) is 0 Å². The van der Waals surface area contributed by atoms with Gasteiger partial charge in [-0.1, -0.05) is 61.0 Å². The Bertz CT molecular complexity index is 711. The Morgan fingerprint density at radius 1 is 0.957 bits per heavy atom. The summed E-state index contributed by atoms with van der Waals surface area (Å²) in [6.07, 6.45) is 5.19. The van der Waals surface area contributed by atoms with E-state index in [4.69, 9.17) is 4.99 Å². The van der Waals surface area contributed by atoms with Gasteiger partial charge in [0.25, 0.3) is 0 Å². The minimum atomic E-state index is 0.499. The van der Waals surface area contributed by atoms with Gasteiger partial charge in [0.15, 0.2) is 0 Å². The summed E-state index contributed by atoms with van der Waals surface area (Å²) in [6, 6.07) is 20.4. The van der Waals surface area contributed by atoms with Gasteiger partial charge in [-0.2, -0.15) is 0 Å². The normalized spacial score (nSPS) is 23.5. The van der Waals surface area contributed by atoms with Crippen LogP contribution in [0.15, 0.2) is 69.4 Å². The molecule has 23 heavy (non-hydrogen) atoms. The largest absolute Gasteiger partial charge is 0.354 e. The van der Waals surface area contributed by atoms with Crippen LogP contribution in [0.4, 0.5) is 0 Å². The number of benzene rings is 2.